The number of rotatable bonds is 19. The van der Waals surface area contributed by atoms with Crippen molar-refractivity contribution in [2.45, 2.75) is 136 Å². The lowest BCUT2D eigenvalue weighted by atomic mass is 10.1. The molecule has 0 aliphatic carbocycles. The molecule has 0 amide bonds. The maximum atomic E-state index is 11.6. The Balaban J connectivity index is 2.84. The molecule has 1 aromatic carbocycles. The van der Waals surface area contributed by atoms with Gasteiger partial charge in [0, 0.05) is 11.8 Å². The second kappa shape index (κ2) is 17.3. The third kappa shape index (κ3) is 13.0. The van der Waals surface area contributed by atoms with Crippen LogP contribution in [0.2, 0.25) is 18.1 Å². The lowest BCUT2D eigenvalue weighted by Crippen LogP contribution is -2.45. The van der Waals surface area contributed by atoms with E-state index in [1.165, 1.54) is 76.3 Å². The van der Waals surface area contributed by atoms with Crippen LogP contribution in [0.4, 0.5) is 17.1 Å². The molecular weight excluding hydrogens is 510 g/mol. The van der Waals surface area contributed by atoms with E-state index in [2.05, 4.69) is 51.9 Å². The van der Waals surface area contributed by atoms with Crippen LogP contribution in [-0.4, -0.2) is 30.0 Å². The summed E-state index contributed by atoms with van der Waals surface area (Å²) in [5.74, 6) is 0. The molecule has 0 saturated carbocycles. The zero-order chi connectivity index (χ0) is 29.5. The molecule has 0 bridgehead atoms. The van der Waals surface area contributed by atoms with Crippen molar-refractivity contribution in [3.63, 3.8) is 0 Å². The lowest BCUT2D eigenvalue weighted by Gasteiger charge is -2.38. The zero-order valence-electron chi connectivity index (χ0n) is 25.3. The van der Waals surface area contributed by atoms with Gasteiger partial charge >= 0.3 is 5.69 Å². The van der Waals surface area contributed by atoms with Gasteiger partial charge in [0.1, 0.15) is 11.8 Å². The van der Waals surface area contributed by atoms with Crippen LogP contribution in [-0.2, 0) is 4.43 Å². The second-order valence-electron chi connectivity index (χ2n) is 12.0. The normalized spacial score (nSPS) is 13.7. The van der Waals surface area contributed by atoms with Crippen molar-refractivity contribution in [1.82, 2.24) is 0 Å². The van der Waals surface area contributed by atoms with Crippen LogP contribution < -0.4 is 0 Å². The van der Waals surface area contributed by atoms with E-state index in [-0.39, 0.29) is 22.1 Å². The zero-order valence-corrected chi connectivity index (χ0v) is 26.3. The molecule has 0 N–H and O–H groups in total. The van der Waals surface area contributed by atoms with E-state index in [9.17, 15) is 20.2 Å². The number of hydrogen-bond acceptors (Lipinski definition) is 6. The molecule has 0 heterocycles. The van der Waals surface area contributed by atoms with Gasteiger partial charge in [-0.25, -0.2) is 4.99 Å². The molecule has 8 nitrogen and oxygen atoms in total. The highest BCUT2D eigenvalue weighted by molar-refractivity contribution is 6.74. The number of benzene rings is 1. The van der Waals surface area contributed by atoms with E-state index in [0.717, 1.165) is 18.9 Å². The fraction of sp³-hybridized carbons (Fsp3) is 0.700. The van der Waals surface area contributed by atoms with Gasteiger partial charge in [-0.1, -0.05) is 104 Å². The van der Waals surface area contributed by atoms with Gasteiger partial charge in [-0.05, 0) is 44.0 Å². The number of nitro groups is 2. The maximum absolute atomic E-state index is 11.6. The molecule has 0 aromatic heterocycles. The van der Waals surface area contributed by atoms with Gasteiger partial charge in [-0.15, -0.1) is 0 Å². The number of non-ortho nitro benzene ring substituents is 1. The summed E-state index contributed by atoms with van der Waals surface area (Å²) in [7, 11) is -2.17. The molecule has 0 fully saturated rings. The van der Waals surface area contributed by atoms with Gasteiger partial charge in [0.25, 0.3) is 5.69 Å². The van der Waals surface area contributed by atoms with Crippen molar-refractivity contribution >= 4 is 31.1 Å². The molecule has 9 heteroatoms. The molecule has 0 aliphatic rings. The van der Waals surface area contributed by atoms with Gasteiger partial charge in [-0.2, -0.15) is 0 Å². The Morgan fingerprint density at radius 2 is 1.49 bits per heavy atom. The van der Waals surface area contributed by atoms with E-state index >= 15 is 0 Å². The highest BCUT2D eigenvalue weighted by atomic mass is 28.4. The molecule has 0 spiro atoms. The summed E-state index contributed by atoms with van der Waals surface area (Å²) in [5, 5.41) is 22.7. The monoisotopic (exact) mass is 561 g/mol. The van der Waals surface area contributed by atoms with E-state index in [0.29, 0.717) is 5.71 Å². The van der Waals surface area contributed by atoms with Gasteiger partial charge in [-0.3, -0.25) is 20.2 Å². The van der Waals surface area contributed by atoms with Crippen molar-refractivity contribution in [2.75, 3.05) is 0 Å². The Labute approximate surface area is 236 Å². The van der Waals surface area contributed by atoms with E-state index in [1.807, 2.05) is 6.08 Å². The van der Waals surface area contributed by atoms with Crippen LogP contribution in [0.5, 0.6) is 0 Å². The van der Waals surface area contributed by atoms with Crippen LogP contribution in [0.3, 0.4) is 0 Å². The van der Waals surface area contributed by atoms with E-state index in [4.69, 9.17) is 4.43 Å². The lowest BCUT2D eigenvalue weighted by molar-refractivity contribution is -0.393. The van der Waals surface area contributed by atoms with Gasteiger partial charge in [0.15, 0.2) is 8.32 Å². The topological polar surface area (TPSA) is 108 Å². The Kier molecular flexibility index (Phi) is 15.4. The summed E-state index contributed by atoms with van der Waals surface area (Å²) in [6.07, 6.45) is 19.0. The van der Waals surface area contributed by atoms with Gasteiger partial charge in [0.05, 0.1) is 15.9 Å². The fourth-order valence-electron chi connectivity index (χ4n) is 4.02. The minimum atomic E-state index is -2.17. The summed E-state index contributed by atoms with van der Waals surface area (Å²) in [4.78, 5) is 25.9. The van der Waals surface area contributed by atoms with Crippen LogP contribution in [0.25, 0.3) is 0 Å². The molecule has 0 unspecified atom stereocenters. The maximum Gasteiger partial charge on any atom is 0.301 e. The first-order chi connectivity index (χ1) is 18.3. The summed E-state index contributed by atoms with van der Waals surface area (Å²) < 4.78 is 6.65. The Morgan fingerprint density at radius 1 is 0.949 bits per heavy atom. The smallest absolute Gasteiger partial charge is 0.301 e. The summed E-state index contributed by atoms with van der Waals surface area (Å²) >= 11 is 0. The molecule has 0 radical (unpaired) electrons. The minimum Gasteiger partial charge on any atom is -0.405 e. The highest BCUT2D eigenvalue weighted by Gasteiger charge is 2.39. The average Bonchev–Trinajstić information content (AvgIpc) is 2.85. The highest BCUT2D eigenvalue weighted by Crippen LogP contribution is 2.38. The van der Waals surface area contributed by atoms with Crippen molar-refractivity contribution in [3.8, 4) is 0 Å². The molecule has 0 saturated heterocycles. The van der Waals surface area contributed by atoms with Crippen molar-refractivity contribution in [3.05, 3.63) is 50.6 Å². The fourth-order valence-corrected chi connectivity index (χ4v) is 5.26. The van der Waals surface area contributed by atoms with E-state index in [1.54, 1.807) is 6.92 Å². The summed E-state index contributed by atoms with van der Waals surface area (Å²) in [6, 6.07) is 3.53. The quantitative estimate of drug-likeness (QED) is 0.0417. The Hall–Kier alpha value is -2.39. The Bertz CT molecular complexity index is 970. The average molecular weight is 562 g/mol. The molecule has 220 valence electrons. The molecule has 1 atom stereocenters. The third-order valence-electron chi connectivity index (χ3n) is 7.59. The standard InChI is InChI=1S/C30H51N3O5Si/c1-8-9-10-11-12-13-14-15-16-17-18-19-20-21-29(38-39(6,7)30(3,4)5)25(2)31-27-23-22-26(32(34)35)24-28(27)33(36)37/h20-24,29H,8-19H2,1-7H3/t29-/m1/s1. The predicted octanol–water partition coefficient (Wildman–Crippen LogP) is 10.2. The number of unbranched alkanes of at least 4 members (excludes halogenated alkanes) is 11. The van der Waals surface area contributed by atoms with Crippen molar-refractivity contribution in [1.29, 1.82) is 0 Å². The number of nitro benzene ring substituents is 2. The summed E-state index contributed by atoms with van der Waals surface area (Å²) in [6.45, 7) is 14.9. The molecule has 1 aromatic rings. The largest absolute Gasteiger partial charge is 0.405 e. The van der Waals surface area contributed by atoms with Crippen LogP contribution in [0.1, 0.15) is 112 Å². The first kappa shape index (κ1) is 34.6. The molecule has 1 rings (SSSR count). The SMILES string of the molecule is CCCCCCCCCCCCCC=C[C@@H](O[Si](C)(C)C(C)(C)C)C(C)=Nc1ccc([N+](=O)[O-])cc1[N+](=O)[O-]. The number of allylic oxidation sites excluding steroid dienone is 1. The predicted molar refractivity (Wildman–Crippen MR) is 165 cm³/mol. The number of hydrogen-bond donors (Lipinski definition) is 0. The van der Waals surface area contributed by atoms with Crippen LogP contribution >= 0.6 is 0 Å². The van der Waals surface area contributed by atoms with Gasteiger partial charge in [0.2, 0.25) is 0 Å². The van der Waals surface area contributed by atoms with Gasteiger partial charge < -0.3 is 4.43 Å². The summed E-state index contributed by atoms with van der Waals surface area (Å²) in [5.41, 5.74) is -0.0449. The number of aliphatic imine (C=N–C) groups is 1. The second-order valence-corrected chi connectivity index (χ2v) is 16.7. The van der Waals surface area contributed by atoms with Crippen molar-refractivity contribution in [2.24, 2.45) is 4.99 Å². The first-order valence-corrected chi connectivity index (χ1v) is 17.5. The first-order valence-electron chi connectivity index (χ1n) is 14.6. The molecular formula is C30H51N3O5Si. The van der Waals surface area contributed by atoms with Crippen LogP contribution in [0.15, 0.2) is 35.3 Å². The number of nitrogens with zero attached hydrogens (tertiary/aromatic N) is 3. The third-order valence-corrected chi connectivity index (χ3v) is 12.0. The Morgan fingerprint density at radius 3 is 1.97 bits per heavy atom. The van der Waals surface area contributed by atoms with Crippen LogP contribution in [0, 0.1) is 20.2 Å². The molecule has 39 heavy (non-hydrogen) atoms. The molecule has 0 aliphatic heterocycles. The van der Waals surface area contributed by atoms with E-state index < -0.39 is 24.3 Å². The van der Waals surface area contributed by atoms with Crippen molar-refractivity contribution < 1.29 is 14.3 Å². The minimum absolute atomic E-state index is 0.0191.